The van der Waals surface area contributed by atoms with Gasteiger partial charge >= 0.3 is 5.97 Å². The summed E-state index contributed by atoms with van der Waals surface area (Å²) < 4.78 is 29.4. The van der Waals surface area contributed by atoms with Gasteiger partial charge in [-0.3, -0.25) is 4.79 Å². The number of rotatable bonds is 6. The van der Waals surface area contributed by atoms with Crippen molar-refractivity contribution in [1.29, 1.82) is 5.26 Å². The molecular weight excluding hydrogens is 368 g/mol. The van der Waals surface area contributed by atoms with Crippen LogP contribution in [-0.2, 0) is 19.4 Å². The van der Waals surface area contributed by atoms with Crippen LogP contribution in [-0.4, -0.2) is 32.2 Å². The number of carbonyl (C=O) groups is 2. The molecule has 7 nitrogen and oxygen atoms in total. The average molecular weight is 386 g/mol. The van der Waals surface area contributed by atoms with Crippen LogP contribution in [0.4, 0.5) is 5.69 Å². The van der Waals surface area contributed by atoms with Crippen LogP contribution in [0.3, 0.4) is 0 Å². The van der Waals surface area contributed by atoms with Gasteiger partial charge in [-0.15, -0.1) is 0 Å². The first-order valence-corrected chi connectivity index (χ1v) is 9.78. The molecular formula is C19H18N2O5S. The number of para-hydroxylation sites is 1. The number of nitriles is 1. The van der Waals surface area contributed by atoms with Crippen molar-refractivity contribution in [2.75, 3.05) is 11.1 Å². The van der Waals surface area contributed by atoms with E-state index in [1.54, 1.807) is 18.2 Å². The van der Waals surface area contributed by atoms with Gasteiger partial charge in [0.05, 0.1) is 27.5 Å². The zero-order chi connectivity index (χ0) is 20.0. The maximum Gasteiger partial charge on any atom is 0.340 e. The van der Waals surface area contributed by atoms with Crippen LogP contribution in [0.2, 0.25) is 0 Å². The summed E-state index contributed by atoms with van der Waals surface area (Å²) in [6, 6.07) is 14.0. The van der Waals surface area contributed by atoms with E-state index in [9.17, 15) is 18.0 Å². The van der Waals surface area contributed by atoms with Gasteiger partial charge in [-0.1, -0.05) is 31.2 Å². The Bertz CT molecular complexity index is 1010. The lowest BCUT2D eigenvalue weighted by Gasteiger charge is -2.15. The van der Waals surface area contributed by atoms with Gasteiger partial charge in [-0.2, -0.15) is 5.26 Å². The minimum atomic E-state index is -3.62. The molecule has 1 amide bonds. The molecule has 0 aliphatic carbocycles. The Hall–Kier alpha value is -3.18. The Balaban J connectivity index is 2.17. The Morgan fingerprint density at radius 2 is 1.78 bits per heavy atom. The zero-order valence-electron chi connectivity index (χ0n) is 14.8. The average Bonchev–Trinajstić information content (AvgIpc) is 2.68. The van der Waals surface area contributed by atoms with E-state index in [1.165, 1.54) is 44.2 Å². The highest BCUT2D eigenvalue weighted by Gasteiger charge is 2.25. The van der Waals surface area contributed by atoms with Gasteiger partial charge in [0.25, 0.3) is 5.91 Å². The number of nitrogens with zero attached hydrogens (tertiary/aromatic N) is 1. The third kappa shape index (κ3) is 4.71. The van der Waals surface area contributed by atoms with E-state index < -0.39 is 27.8 Å². The number of amides is 1. The maximum atomic E-state index is 12.4. The predicted octanol–water partition coefficient (Wildman–Crippen LogP) is 2.54. The molecule has 1 atom stereocenters. The molecule has 0 heterocycles. The van der Waals surface area contributed by atoms with Crippen LogP contribution in [0.25, 0.3) is 0 Å². The lowest BCUT2D eigenvalue weighted by Crippen LogP contribution is -2.30. The standard InChI is InChI=1S/C19H18N2O5S/c1-3-27(24,25)17-11-7-5-9-15(17)19(23)26-13(2)18(22)21-16-10-6-4-8-14(16)12-20/h4-11,13H,3H2,1-2H3,(H,21,22)/t13-/m0/s1. The lowest BCUT2D eigenvalue weighted by atomic mass is 10.2. The smallest absolute Gasteiger partial charge is 0.340 e. The number of esters is 1. The fourth-order valence-corrected chi connectivity index (χ4v) is 3.35. The molecule has 0 saturated carbocycles. The number of benzene rings is 2. The lowest BCUT2D eigenvalue weighted by molar-refractivity contribution is -0.123. The molecule has 0 aliphatic rings. The largest absolute Gasteiger partial charge is 0.449 e. The van der Waals surface area contributed by atoms with E-state index in [2.05, 4.69) is 5.32 Å². The Morgan fingerprint density at radius 3 is 2.44 bits per heavy atom. The topological polar surface area (TPSA) is 113 Å². The van der Waals surface area contributed by atoms with Gasteiger partial charge in [0.2, 0.25) is 0 Å². The molecule has 27 heavy (non-hydrogen) atoms. The van der Waals surface area contributed by atoms with Crippen LogP contribution in [0, 0.1) is 11.3 Å². The van der Waals surface area contributed by atoms with Gasteiger partial charge in [0, 0.05) is 0 Å². The third-order valence-corrected chi connectivity index (χ3v) is 5.57. The molecule has 0 fully saturated rings. The Morgan fingerprint density at radius 1 is 1.15 bits per heavy atom. The van der Waals surface area contributed by atoms with E-state index in [0.717, 1.165) is 0 Å². The predicted molar refractivity (Wildman–Crippen MR) is 98.8 cm³/mol. The van der Waals surface area contributed by atoms with Crippen molar-refractivity contribution in [3.8, 4) is 6.07 Å². The molecule has 0 aliphatic heterocycles. The molecule has 2 aromatic carbocycles. The van der Waals surface area contributed by atoms with Gasteiger partial charge in [0.15, 0.2) is 15.9 Å². The maximum absolute atomic E-state index is 12.4. The van der Waals surface area contributed by atoms with Crippen molar-refractivity contribution in [1.82, 2.24) is 0 Å². The van der Waals surface area contributed by atoms with Gasteiger partial charge in [0.1, 0.15) is 6.07 Å². The summed E-state index contributed by atoms with van der Waals surface area (Å²) >= 11 is 0. The molecule has 2 aromatic rings. The number of hydrogen-bond donors (Lipinski definition) is 1. The molecule has 8 heteroatoms. The van der Waals surface area contributed by atoms with Crippen LogP contribution in [0.15, 0.2) is 53.4 Å². The first-order valence-electron chi connectivity index (χ1n) is 8.13. The first-order chi connectivity index (χ1) is 12.8. The molecule has 0 aromatic heterocycles. The second kappa shape index (κ2) is 8.47. The quantitative estimate of drug-likeness (QED) is 0.763. The summed E-state index contributed by atoms with van der Waals surface area (Å²) in [6.07, 6.45) is -1.19. The zero-order valence-corrected chi connectivity index (χ0v) is 15.6. The van der Waals surface area contributed by atoms with Crippen molar-refractivity contribution >= 4 is 27.4 Å². The van der Waals surface area contributed by atoms with Crippen LogP contribution < -0.4 is 5.32 Å². The van der Waals surface area contributed by atoms with E-state index in [1.807, 2.05) is 6.07 Å². The van der Waals surface area contributed by atoms with E-state index in [4.69, 9.17) is 10.00 Å². The summed E-state index contributed by atoms with van der Waals surface area (Å²) in [6.45, 7) is 2.83. The molecule has 0 radical (unpaired) electrons. The van der Waals surface area contributed by atoms with Gasteiger partial charge < -0.3 is 10.1 Å². The summed E-state index contributed by atoms with van der Waals surface area (Å²) in [5, 5.41) is 11.6. The number of nitrogens with one attached hydrogen (secondary N) is 1. The van der Waals surface area contributed by atoms with Crippen molar-refractivity contribution in [2.45, 2.75) is 24.8 Å². The summed E-state index contributed by atoms with van der Waals surface area (Å²) in [4.78, 5) is 24.5. The SMILES string of the molecule is CCS(=O)(=O)c1ccccc1C(=O)O[C@@H](C)C(=O)Nc1ccccc1C#N. The van der Waals surface area contributed by atoms with E-state index >= 15 is 0 Å². The molecule has 2 rings (SSSR count). The fraction of sp³-hybridized carbons (Fsp3) is 0.211. The molecule has 0 spiro atoms. The van der Waals surface area contributed by atoms with Crippen LogP contribution >= 0.6 is 0 Å². The Kier molecular flexibility index (Phi) is 6.32. The number of ether oxygens (including phenoxy) is 1. The van der Waals surface area contributed by atoms with Crippen molar-refractivity contribution in [3.63, 3.8) is 0 Å². The third-order valence-electron chi connectivity index (χ3n) is 3.78. The highest BCUT2D eigenvalue weighted by atomic mass is 32.2. The van der Waals surface area contributed by atoms with Gasteiger partial charge in [-0.25, -0.2) is 13.2 Å². The molecule has 0 bridgehead atoms. The van der Waals surface area contributed by atoms with Crippen molar-refractivity contribution in [2.24, 2.45) is 0 Å². The number of hydrogen-bond acceptors (Lipinski definition) is 6. The first kappa shape index (κ1) is 20.1. The number of carbonyl (C=O) groups excluding carboxylic acids is 2. The van der Waals surface area contributed by atoms with Crippen LogP contribution in [0.1, 0.15) is 29.8 Å². The molecule has 140 valence electrons. The summed E-state index contributed by atoms with van der Waals surface area (Å²) in [5.74, 6) is -1.72. The molecule has 1 N–H and O–H groups in total. The van der Waals surface area contributed by atoms with E-state index in [0.29, 0.717) is 5.69 Å². The normalized spacial score (nSPS) is 11.9. The minimum Gasteiger partial charge on any atom is -0.449 e. The number of anilines is 1. The summed E-state index contributed by atoms with van der Waals surface area (Å²) in [7, 11) is -3.62. The van der Waals surface area contributed by atoms with Crippen molar-refractivity contribution < 1.29 is 22.7 Å². The van der Waals surface area contributed by atoms with Crippen LogP contribution in [0.5, 0.6) is 0 Å². The highest BCUT2D eigenvalue weighted by molar-refractivity contribution is 7.91. The highest BCUT2D eigenvalue weighted by Crippen LogP contribution is 2.19. The second-order valence-electron chi connectivity index (χ2n) is 5.59. The second-order valence-corrected chi connectivity index (χ2v) is 7.84. The van der Waals surface area contributed by atoms with E-state index in [-0.39, 0.29) is 21.8 Å². The molecule has 0 saturated heterocycles. The fourth-order valence-electron chi connectivity index (χ4n) is 2.26. The van der Waals surface area contributed by atoms with Gasteiger partial charge in [-0.05, 0) is 31.2 Å². The number of sulfone groups is 1. The minimum absolute atomic E-state index is 0.128. The monoisotopic (exact) mass is 386 g/mol. The Labute approximate surface area is 157 Å². The molecule has 0 unspecified atom stereocenters. The van der Waals surface area contributed by atoms with Crippen molar-refractivity contribution in [3.05, 3.63) is 59.7 Å². The summed E-state index contributed by atoms with van der Waals surface area (Å²) in [5.41, 5.74) is 0.432.